The Labute approximate surface area is 175 Å². The molecule has 0 radical (unpaired) electrons. The lowest BCUT2D eigenvalue weighted by atomic mass is 10.0. The van der Waals surface area contributed by atoms with Crippen LogP contribution in [0.2, 0.25) is 0 Å². The molecule has 1 aromatic carbocycles. The Balaban J connectivity index is 1.59. The van der Waals surface area contributed by atoms with Gasteiger partial charge in [0, 0.05) is 32.6 Å². The number of carbonyl (C=O) groups is 2. The number of halogens is 1. The first-order valence-electron chi connectivity index (χ1n) is 10.3. The number of aromatic nitrogens is 2. The summed E-state index contributed by atoms with van der Waals surface area (Å²) in [6.07, 6.45) is 2.62. The van der Waals surface area contributed by atoms with E-state index in [4.69, 9.17) is 9.97 Å². The number of carbonyl (C=O) groups excluding carboxylic acids is 2. The Morgan fingerprint density at radius 3 is 2.67 bits per heavy atom. The van der Waals surface area contributed by atoms with Gasteiger partial charge in [-0.2, -0.15) is 0 Å². The highest BCUT2D eigenvalue weighted by molar-refractivity contribution is 5.79. The van der Waals surface area contributed by atoms with E-state index in [1.165, 1.54) is 12.1 Å². The Hall–Kier alpha value is -3.03. The predicted molar refractivity (Wildman–Crippen MR) is 110 cm³/mol. The second kappa shape index (κ2) is 8.38. The predicted octanol–water partition coefficient (Wildman–Crippen LogP) is 2.47. The molecule has 2 aromatic rings. The number of benzene rings is 1. The van der Waals surface area contributed by atoms with Crippen LogP contribution < -0.4 is 5.32 Å². The van der Waals surface area contributed by atoms with Crippen molar-refractivity contribution in [1.82, 2.24) is 19.8 Å². The fraction of sp³-hybridized carbons (Fsp3) is 0.455. The van der Waals surface area contributed by atoms with Crippen molar-refractivity contribution in [2.45, 2.75) is 45.2 Å². The van der Waals surface area contributed by atoms with E-state index in [9.17, 15) is 14.0 Å². The van der Waals surface area contributed by atoms with Crippen LogP contribution in [0.5, 0.6) is 0 Å². The Kier molecular flexibility index (Phi) is 5.65. The lowest BCUT2D eigenvalue weighted by Crippen LogP contribution is -2.37. The van der Waals surface area contributed by atoms with Crippen LogP contribution in [0.4, 0.5) is 10.2 Å². The number of amides is 2. The standard InChI is InChI=1S/C22H26FN5O2/c1-14(29)27-11-9-17-18(13-27)25-22(26-21(17)24-2)19-4-3-10-28(19)20(30)12-15-5-7-16(23)8-6-15/h5-8,19H,3-4,9-13H2,1-2H3,(H,24,25,26). The number of nitrogens with zero attached hydrogens (tertiary/aromatic N) is 4. The first-order valence-corrected chi connectivity index (χ1v) is 10.3. The van der Waals surface area contributed by atoms with Crippen LogP contribution in [-0.4, -0.2) is 51.7 Å². The molecule has 7 nitrogen and oxygen atoms in total. The van der Waals surface area contributed by atoms with Crippen LogP contribution in [-0.2, 0) is 29.0 Å². The molecule has 4 rings (SSSR count). The highest BCUT2D eigenvalue weighted by Crippen LogP contribution is 2.33. The summed E-state index contributed by atoms with van der Waals surface area (Å²) >= 11 is 0. The van der Waals surface area contributed by atoms with Crippen molar-refractivity contribution in [2.75, 3.05) is 25.5 Å². The highest BCUT2D eigenvalue weighted by Gasteiger charge is 2.34. The molecular weight excluding hydrogens is 385 g/mol. The molecule has 0 aliphatic carbocycles. The Morgan fingerprint density at radius 2 is 1.97 bits per heavy atom. The average molecular weight is 411 g/mol. The zero-order chi connectivity index (χ0) is 21.3. The Bertz CT molecular complexity index is 963. The molecule has 1 N–H and O–H groups in total. The number of hydrogen-bond acceptors (Lipinski definition) is 5. The topological polar surface area (TPSA) is 78.4 Å². The van der Waals surface area contributed by atoms with Crippen molar-refractivity contribution in [1.29, 1.82) is 0 Å². The maximum atomic E-state index is 13.2. The van der Waals surface area contributed by atoms with Crippen LogP contribution in [0.25, 0.3) is 0 Å². The molecule has 0 spiro atoms. The van der Waals surface area contributed by atoms with Gasteiger partial charge in [0.25, 0.3) is 0 Å². The van der Waals surface area contributed by atoms with E-state index in [2.05, 4.69) is 5.32 Å². The van der Waals surface area contributed by atoms with E-state index in [1.54, 1.807) is 24.0 Å². The largest absolute Gasteiger partial charge is 0.373 e. The molecule has 1 unspecified atom stereocenters. The minimum Gasteiger partial charge on any atom is -0.373 e. The van der Waals surface area contributed by atoms with E-state index in [1.807, 2.05) is 11.9 Å². The average Bonchev–Trinajstić information content (AvgIpc) is 3.24. The third-order valence-corrected chi connectivity index (χ3v) is 5.90. The van der Waals surface area contributed by atoms with E-state index < -0.39 is 0 Å². The van der Waals surface area contributed by atoms with E-state index in [0.29, 0.717) is 31.9 Å². The smallest absolute Gasteiger partial charge is 0.227 e. The summed E-state index contributed by atoms with van der Waals surface area (Å²) in [5.41, 5.74) is 2.68. The SMILES string of the molecule is CNc1nc(C2CCCN2C(=O)Cc2ccc(F)cc2)nc2c1CCN(C(C)=O)C2. The number of likely N-dealkylation sites (tertiary alicyclic amines) is 1. The molecule has 0 bridgehead atoms. The van der Waals surface area contributed by atoms with Crippen LogP contribution in [0.15, 0.2) is 24.3 Å². The maximum absolute atomic E-state index is 13.2. The summed E-state index contributed by atoms with van der Waals surface area (Å²) in [6, 6.07) is 5.84. The third-order valence-electron chi connectivity index (χ3n) is 5.90. The van der Waals surface area contributed by atoms with E-state index >= 15 is 0 Å². The number of anilines is 1. The van der Waals surface area contributed by atoms with Crippen LogP contribution in [0, 0.1) is 5.82 Å². The van der Waals surface area contributed by atoms with Gasteiger partial charge in [-0.15, -0.1) is 0 Å². The molecule has 2 aliphatic rings. The maximum Gasteiger partial charge on any atom is 0.227 e. The summed E-state index contributed by atoms with van der Waals surface area (Å²) in [5.74, 6) is 1.10. The summed E-state index contributed by atoms with van der Waals surface area (Å²) < 4.78 is 13.2. The zero-order valence-electron chi connectivity index (χ0n) is 17.3. The molecule has 8 heteroatoms. The van der Waals surface area contributed by atoms with Gasteiger partial charge in [-0.1, -0.05) is 12.1 Å². The fourth-order valence-electron chi connectivity index (χ4n) is 4.29. The summed E-state index contributed by atoms with van der Waals surface area (Å²) in [5, 5.41) is 3.16. The normalized spacial score (nSPS) is 18.3. The molecule has 2 amide bonds. The molecule has 30 heavy (non-hydrogen) atoms. The van der Waals surface area contributed by atoms with Crippen molar-refractivity contribution >= 4 is 17.6 Å². The molecule has 1 fully saturated rings. The van der Waals surface area contributed by atoms with Gasteiger partial charge in [0.1, 0.15) is 11.6 Å². The van der Waals surface area contributed by atoms with Crippen molar-refractivity contribution in [3.05, 3.63) is 52.7 Å². The van der Waals surface area contributed by atoms with E-state index in [0.717, 1.165) is 35.5 Å². The number of hydrogen-bond donors (Lipinski definition) is 1. The Morgan fingerprint density at radius 1 is 1.20 bits per heavy atom. The van der Waals surface area contributed by atoms with Gasteiger partial charge in [-0.05, 0) is 37.0 Å². The first kappa shape index (κ1) is 20.3. The second-order valence-corrected chi connectivity index (χ2v) is 7.84. The van der Waals surface area contributed by atoms with Crippen LogP contribution in [0.1, 0.15) is 48.5 Å². The quantitative estimate of drug-likeness (QED) is 0.836. The first-order chi connectivity index (χ1) is 14.5. The van der Waals surface area contributed by atoms with Gasteiger partial charge in [-0.25, -0.2) is 14.4 Å². The lowest BCUT2D eigenvalue weighted by molar-refractivity contribution is -0.131. The van der Waals surface area contributed by atoms with Gasteiger partial charge in [0.05, 0.1) is 24.7 Å². The molecule has 0 saturated carbocycles. The highest BCUT2D eigenvalue weighted by atomic mass is 19.1. The molecule has 1 saturated heterocycles. The number of fused-ring (bicyclic) bond motifs is 1. The van der Waals surface area contributed by atoms with Crippen molar-refractivity contribution in [2.24, 2.45) is 0 Å². The monoisotopic (exact) mass is 411 g/mol. The lowest BCUT2D eigenvalue weighted by Gasteiger charge is -2.30. The van der Waals surface area contributed by atoms with Crippen molar-refractivity contribution in [3.63, 3.8) is 0 Å². The minimum absolute atomic E-state index is 0.0122. The molecule has 1 atom stereocenters. The van der Waals surface area contributed by atoms with Crippen molar-refractivity contribution < 1.29 is 14.0 Å². The third kappa shape index (κ3) is 3.99. The van der Waals surface area contributed by atoms with Gasteiger partial charge in [0.15, 0.2) is 5.82 Å². The minimum atomic E-state index is -0.313. The zero-order valence-corrected chi connectivity index (χ0v) is 17.3. The van der Waals surface area contributed by atoms with Gasteiger partial charge in [-0.3, -0.25) is 9.59 Å². The van der Waals surface area contributed by atoms with E-state index in [-0.39, 0.29) is 30.1 Å². The molecule has 158 valence electrons. The van der Waals surface area contributed by atoms with Gasteiger partial charge < -0.3 is 15.1 Å². The van der Waals surface area contributed by atoms with Gasteiger partial charge in [0.2, 0.25) is 11.8 Å². The molecule has 1 aromatic heterocycles. The number of rotatable bonds is 4. The summed E-state index contributed by atoms with van der Waals surface area (Å²) in [4.78, 5) is 38.0. The number of nitrogens with one attached hydrogen (secondary N) is 1. The molecular formula is C22H26FN5O2. The summed E-state index contributed by atoms with van der Waals surface area (Å²) in [6.45, 7) is 3.34. The fourth-order valence-corrected chi connectivity index (χ4v) is 4.29. The van der Waals surface area contributed by atoms with Crippen LogP contribution >= 0.6 is 0 Å². The van der Waals surface area contributed by atoms with Crippen molar-refractivity contribution in [3.8, 4) is 0 Å². The molecule has 2 aliphatic heterocycles. The summed E-state index contributed by atoms with van der Waals surface area (Å²) in [7, 11) is 1.83. The van der Waals surface area contributed by atoms with Gasteiger partial charge >= 0.3 is 0 Å². The van der Waals surface area contributed by atoms with Crippen LogP contribution in [0.3, 0.4) is 0 Å². The molecule has 3 heterocycles. The second-order valence-electron chi connectivity index (χ2n) is 7.84.